The second-order valence-electron chi connectivity index (χ2n) is 5.84. The molecule has 0 radical (unpaired) electrons. The average Bonchev–Trinajstić information content (AvgIpc) is 2.55. The maximum Gasteiger partial charge on any atom is 0.407 e. The summed E-state index contributed by atoms with van der Waals surface area (Å²) in [7, 11) is 0. The minimum atomic E-state index is -1.83. The summed E-state index contributed by atoms with van der Waals surface area (Å²) in [5.41, 5.74) is 0. The van der Waals surface area contributed by atoms with Crippen molar-refractivity contribution >= 4 is 74.7 Å². The first-order chi connectivity index (χ1) is 13.3. The topological polar surface area (TPSA) is 126 Å². The van der Waals surface area contributed by atoms with Gasteiger partial charge in [0.25, 0.3) is 0 Å². The molecule has 0 aliphatic carbocycles. The van der Waals surface area contributed by atoms with E-state index in [2.05, 4.69) is 21.2 Å². The molecule has 5 atom stereocenters. The van der Waals surface area contributed by atoms with Crippen LogP contribution in [0, 0.1) is 0 Å². The SMILES string of the molecule is CC(=O)OC[C@H]1O[C@H](Br)[C@@H](NC(=O)OCC(Cl)(Cl)Cl)[C@@H](OC(C)=O)[C@@H]1OC(C)=O. The number of alkyl carbamates (subject to hydrolysis) is 1. The Labute approximate surface area is 189 Å². The van der Waals surface area contributed by atoms with E-state index in [1.807, 2.05) is 0 Å². The summed E-state index contributed by atoms with van der Waals surface area (Å²) in [5, 5.41) is 1.46. The third-order valence-electron chi connectivity index (χ3n) is 3.34. The van der Waals surface area contributed by atoms with Crippen LogP contribution in [0.5, 0.6) is 0 Å². The van der Waals surface area contributed by atoms with Crippen molar-refractivity contribution in [2.75, 3.05) is 13.2 Å². The monoisotopic (exact) mass is 541 g/mol. The van der Waals surface area contributed by atoms with Crippen molar-refractivity contribution < 1.29 is 42.9 Å². The van der Waals surface area contributed by atoms with E-state index in [9.17, 15) is 19.2 Å². The number of halogens is 4. The highest BCUT2D eigenvalue weighted by atomic mass is 79.9. The minimum Gasteiger partial charge on any atom is -0.463 e. The maximum absolute atomic E-state index is 12.1. The second kappa shape index (κ2) is 11.4. The number of ether oxygens (including phenoxy) is 5. The van der Waals surface area contributed by atoms with Crippen LogP contribution >= 0.6 is 50.7 Å². The van der Waals surface area contributed by atoms with E-state index in [4.69, 9.17) is 58.5 Å². The van der Waals surface area contributed by atoms with E-state index in [0.29, 0.717) is 0 Å². The van der Waals surface area contributed by atoms with Gasteiger partial charge in [0.2, 0.25) is 3.79 Å². The van der Waals surface area contributed by atoms with Gasteiger partial charge in [-0.1, -0.05) is 50.7 Å². The molecular weight excluding hydrogens is 524 g/mol. The van der Waals surface area contributed by atoms with Gasteiger partial charge in [0.15, 0.2) is 12.2 Å². The third kappa shape index (κ3) is 9.56. The van der Waals surface area contributed by atoms with Crippen LogP contribution in [-0.2, 0) is 38.1 Å². The summed E-state index contributed by atoms with van der Waals surface area (Å²) in [5.74, 6) is -2.03. The Bertz CT molecular complexity index is 631. The van der Waals surface area contributed by atoms with Gasteiger partial charge in [-0.15, -0.1) is 0 Å². The van der Waals surface area contributed by atoms with Crippen LogP contribution in [0.2, 0.25) is 0 Å². The van der Waals surface area contributed by atoms with Crippen LogP contribution in [0.25, 0.3) is 0 Å². The fourth-order valence-electron chi connectivity index (χ4n) is 2.37. The highest BCUT2D eigenvalue weighted by molar-refractivity contribution is 9.09. The van der Waals surface area contributed by atoms with E-state index in [1.165, 1.54) is 6.92 Å². The Hall–Kier alpha value is -1.01. The lowest BCUT2D eigenvalue weighted by Gasteiger charge is -2.43. The average molecular weight is 544 g/mol. The molecule has 166 valence electrons. The second-order valence-corrected chi connectivity index (χ2v) is 9.26. The quantitative estimate of drug-likeness (QED) is 0.304. The van der Waals surface area contributed by atoms with Gasteiger partial charge in [0, 0.05) is 20.8 Å². The molecule has 0 bridgehead atoms. The molecule has 10 nitrogen and oxygen atoms in total. The Morgan fingerprint density at radius 2 is 1.52 bits per heavy atom. The smallest absolute Gasteiger partial charge is 0.407 e. The van der Waals surface area contributed by atoms with Crippen LogP contribution in [0.4, 0.5) is 4.79 Å². The van der Waals surface area contributed by atoms with Crippen LogP contribution in [0.3, 0.4) is 0 Å². The number of rotatable bonds is 6. The molecule has 1 aliphatic heterocycles. The van der Waals surface area contributed by atoms with Crippen molar-refractivity contribution in [2.24, 2.45) is 0 Å². The van der Waals surface area contributed by atoms with E-state index in [-0.39, 0.29) is 6.61 Å². The number of hydrogen-bond acceptors (Lipinski definition) is 9. The number of carbonyl (C=O) groups is 4. The summed E-state index contributed by atoms with van der Waals surface area (Å²) in [6.07, 6.45) is -4.42. The zero-order chi connectivity index (χ0) is 22.4. The number of esters is 3. The molecule has 0 saturated carbocycles. The molecule has 0 unspecified atom stereocenters. The lowest BCUT2D eigenvalue weighted by Crippen LogP contribution is -2.65. The number of alkyl halides is 4. The van der Waals surface area contributed by atoms with Gasteiger partial charge >= 0.3 is 24.0 Å². The van der Waals surface area contributed by atoms with E-state index in [0.717, 1.165) is 13.8 Å². The Morgan fingerprint density at radius 1 is 0.966 bits per heavy atom. The molecule has 1 fully saturated rings. The van der Waals surface area contributed by atoms with Crippen LogP contribution in [0.15, 0.2) is 0 Å². The molecule has 29 heavy (non-hydrogen) atoms. The van der Waals surface area contributed by atoms with Crippen LogP contribution < -0.4 is 5.32 Å². The summed E-state index contributed by atoms with van der Waals surface area (Å²) < 4.78 is 24.0. The fourth-order valence-corrected chi connectivity index (χ4v) is 3.24. The number of carbonyl (C=O) groups excluding carboxylic acids is 4. The minimum absolute atomic E-state index is 0.294. The van der Waals surface area contributed by atoms with Gasteiger partial charge < -0.3 is 29.0 Å². The molecule has 14 heteroatoms. The number of amides is 1. The largest absolute Gasteiger partial charge is 0.463 e. The standard InChI is InChI=1S/C15H19BrCl3NO9/c1-6(21)25-4-9-11(27-7(2)22)12(28-8(3)23)10(13(16)29-9)20-14(24)26-5-15(17,18)19/h9-13H,4-5H2,1-3H3,(H,20,24)/t9-,10+,11-,12-,13+/m1/s1. The van der Waals surface area contributed by atoms with Crippen molar-refractivity contribution in [2.45, 2.75) is 53.9 Å². The Morgan fingerprint density at radius 3 is 2.00 bits per heavy atom. The predicted octanol–water partition coefficient (Wildman–Crippen LogP) is 2.00. The van der Waals surface area contributed by atoms with Crippen molar-refractivity contribution in [1.29, 1.82) is 0 Å². The van der Waals surface area contributed by atoms with Crippen molar-refractivity contribution in [3.63, 3.8) is 0 Å². The molecule has 0 spiro atoms. The summed E-state index contributed by atoms with van der Waals surface area (Å²) in [6, 6.07) is -1.07. The third-order valence-corrected chi connectivity index (χ3v) is 4.45. The first-order valence-corrected chi connectivity index (χ1v) is 10.1. The van der Waals surface area contributed by atoms with E-state index in [1.54, 1.807) is 0 Å². The molecule has 0 aromatic heterocycles. The van der Waals surface area contributed by atoms with E-state index >= 15 is 0 Å². The number of hydrogen-bond donors (Lipinski definition) is 1. The molecule has 1 saturated heterocycles. The van der Waals surface area contributed by atoms with Crippen LogP contribution in [-0.4, -0.2) is 70.4 Å². The predicted molar refractivity (Wildman–Crippen MR) is 104 cm³/mol. The Balaban J connectivity index is 3.06. The number of nitrogens with one attached hydrogen (secondary N) is 1. The molecule has 0 aromatic rings. The highest BCUT2D eigenvalue weighted by Gasteiger charge is 2.50. The first kappa shape index (κ1) is 26.0. The summed E-state index contributed by atoms with van der Waals surface area (Å²) >= 11 is 19.8. The maximum atomic E-state index is 12.1. The van der Waals surface area contributed by atoms with Gasteiger partial charge in [-0.3, -0.25) is 14.4 Å². The lowest BCUT2D eigenvalue weighted by molar-refractivity contribution is -0.210. The molecule has 1 aliphatic rings. The highest BCUT2D eigenvalue weighted by Crippen LogP contribution is 2.30. The van der Waals surface area contributed by atoms with Crippen molar-refractivity contribution in [1.82, 2.24) is 5.32 Å². The zero-order valence-corrected chi connectivity index (χ0v) is 19.3. The van der Waals surface area contributed by atoms with E-state index < -0.39 is 63.8 Å². The van der Waals surface area contributed by atoms with Gasteiger partial charge in [0.1, 0.15) is 30.4 Å². The molecular formula is C15H19BrCl3NO9. The molecule has 0 aromatic carbocycles. The Kier molecular flexibility index (Phi) is 10.2. The fraction of sp³-hybridized carbons (Fsp3) is 0.733. The zero-order valence-electron chi connectivity index (χ0n) is 15.5. The van der Waals surface area contributed by atoms with Gasteiger partial charge in [-0.25, -0.2) is 4.79 Å². The van der Waals surface area contributed by atoms with Gasteiger partial charge in [0.05, 0.1) is 0 Å². The normalized spacial score (nSPS) is 26.8. The van der Waals surface area contributed by atoms with Crippen molar-refractivity contribution in [3.8, 4) is 0 Å². The van der Waals surface area contributed by atoms with Crippen molar-refractivity contribution in [3.05, 3.63) is 0 Å². The molecule has 1 rings (SSSR count). The molecule has 1 N–H and O–H groups in total. The molecule has 1 amide bonds. The van der Waals surface area contributed by atoms with Crippen LogP contribution in [0.1, 0.15) is 20.8 Å². The van der Waals surface area contributed by atoms with Gasteiger partial charge in [-0.2, -0.15) is 0 Å². The summed E-state index contributed by atoms with van der Waals surface area (Å²) in [4.78, 5) is 46.4. The lowest BCUT2D eigenvalue weighted by atomic mass is 9.97. The summed E-state index contributed by atoms with van der Waals surface area (Å²) in [6.45, 7) is 2.60. The van der Waals surface area contributed by atoms with Gasteiger partial charge in [-0.05, 0) is 0 Å². The molecule has 1 heterocycles. The first-order valence-electron chi connectivity index (χ1n) is 8.07.